The van der Waals surface area contributed by atoms with Gasteiger partial charge < -0.3 is 11.1 Å². The molecule has 1 amide bonds. The fraction of sp³-hybridized carbons (Fsp3) is 0.333. The molecule has 1 aromatic heterocycles. The van der Waals surface area contributed by atoms with Crippen molar-refractivity contribution in [1.29, 1.82) is 0 Å². The van der Waals surface area contributed by atoms with Crippen LogP contribution in [0.1, 0.15) is 52.9 Å². The van der Waals surface area contributed by atoms with E-state index >= 15 is 0 Å². The quantitative estimate of drug-likeness (QED) is 0.256. The zero-order valence-corrected chi connectivity index (χ0v) is 22.0. The van der Waals surface area contributed by atoms with Gasteiger partial charge in [0, 0.05) is 42.8 Å². The molecule has 5 N–H and O–H groups in total. The number of nitrogens with two attached hydrogens (primary N) is 2. The molecule has 3 rings (SSSR count). The fourth-order valence-corrected chi connectivity index (χ4v) is 4.04. The normalized spacial score (nSPS) is 12.2. The highest BCUT2D eigenvalue weighted by molar-refractivity contribution is 6.05. The molecule has 0 atom stereocenters. The van der Waals surface area contributed by atoms with Gasteiger partial charge in [-0.3, -0.25) is 19.4 Å². The average molecular weight is 530 g/mol. The molecule has 204 valence electrons. The molecule has 3 aromatic rings. The number of carbonyl (C=O) groups is 1. The van der Waals surface area contributed by atoms with Crippen LogP contribution in [0.5, 0.6) is 0 Å². The van der Waals surface area contributed by atoms with Crippen molar-refractivity contribution >= 4 is 23.0 Å². The number of alkyl halides is 3. The van der Waals surface area contributed by atoms with Crippen molar-refractivity contribution in [3.63, 3.8) is 0 Å². The van der Waals surface area contributed by atoms with Crippen molar-refractivity contribution in [2.24, 2.45) is 18.6 Å². The molecule has 0 fully saturated rings. The maximum atomic E-state index is 13.6. The van der Waals surface area contributed by atoms with Crippen LogP contribution in [-0.4, -0.2) is 33.7 Å². The summed E-state index contributed by atoms with van der Waals surface area (Å²) in [6.07, 6.45) is 1.18. The minimum Gasteiger partial charge on any atom is -0.397 e. The largest absolute Gasteiger partial charge is 0.416 e. The summed E-state index contributed by atoms with van der Waals surface area (Å²) in [5, 5.41) is 8.00. The molecule has 0 aliphatic heterocycles. The van der Waals surface area contributed by atoms with E-state index in [0.29, 0.717) is 35.6 Å². The van der Waals surface area contributed by atoms with E-state index in [2.05, 4.69) is 10.4 Å². The number of hydrazine groups is 1. The number of hydrogen-bond acceptors (Lipinski definition) is 6. The Morgan fingerprint density at radius 3 is 2.50 bits per heavy atom. The summed E-state index contributed by atoms with van der Waals surface area (Å²) in [7, 11) is 1.77. The molecular weight excluding hydrogens is 495 g/mol. The molecule has 0 aliphatic rings. The Hall–Kier alpha value is -3.83. The summed E-state index contributed by atoms with van der Waals surface area (Å²) in [4.78, 5) is 15.1. The summed E-state index contributed by atoms with van der Waals surface area (Å²) in [5.41, 5.74) is 8.42. The van der Waals surface area contributed by atoms with E-state index in [0.717, 1.165) is 30.7 Å². The zero-order chi connectivity index (χ0) is 28.0. The second-order valence-corrected chi connectivity index (χ2v) is 9.13. The van der Waals surface area contributed by atoms with E-state index in [-0.39, 0.29) is 11.3 Å². The van der Waals surface area contributed by atoms with Gasteiger partial charge >= 0.3 is 6.18 Å². The summed E-state index contributed by atoms with van der Waals surface area (Å²) >= 11 is 0. The molecule has 0 bridgehead atoms. The number of benzene rings is 2. The molecule has 8 nitrogen and oxygen atoms in total. The first kappa shape index (κ1) is 28.7. The molecule has 1 heterocycles. The van der Waals surface area contributed by atoms with Crippen molar-refractivity contribution in [1.82, 2.24) is 14.7 Å². The minimum absolute atomic E-state index is 0.0693. The number of carbonyl (C=O) groups excluding carboxylic acids is 1. The lowest BCUT2D eigenvalue weighted by molar-refractivity contribution is -0.137. The first-order chi connectivity index (χ1) is 17.9. The van der Waals surface area contributed by atoms with E-state index in [4.69, 9.17) is 11.6 Å². The van der Waals surface area contributed by atoms with Gasteiger partial charge in [0.2, 0.25) is 0 Å². The highest BCUT2D eigenvalue weighted by Gasteiger charge is 2.31. The van der Waals surface area contributed by atoms with Crippen molar-refractivity contribution in [3.8, 4) is 0 Å². The number of amides is 1. The fourth-order valence-electron chi connectivity index (χ4n) is 4.04. The second kappa shape index (κ2) is 12.1. The Balaban J connectivity index is 1.87. The molecule has 0 saturated heterocycles. The summed E-state index contributed by atoms with van der Waals surface area (Å²) < 4.78 is 42.5. The van der Waals surface area contributed by atoms with E-state index in [1.807, 2.05) is 25.7 Å². The van der Waals surface area contributed by atoms with Crippen molar-refractivity contribution in [2.45, 2.75) is 39.9 Å². The first-order valence-corrected chi connectivity index (χ1v) is 12.3. The Bertz CT molecular complexity index is 1300. The standard InChI is InChI=1S/C27H34F3N7O/c1-5-9-36(6-2)15-19-10-22(27(28,29)30)13-23(11-19)34-26(38)20-8-7-18(3)25(12-20)37(32)17-24(31)21-14-33-35(4)16-21/h7-8,10-14,16-17H,5-6,9,15,31-32H2,1-4H3,(H,34,38)/b24-17-. The van der Waals surface area contributed by atoms with Crippen LogP contribution < -0.4 is 21.9 Å². The molecule has 0 saturated carbocycles. The molecule has 0 unspecified atom stereocenters. The predicted octanol–water partition coefficient (Wildman–Crippen LogP) is 4.87. The summed E-state index contributed by atoms with van der Waals surface area (Å²) in [5.74, 6) is 5.66. The van der Waals surface area contributed by atoms with Gasteiger partial charge in [0.25, 0.3) is 5.91 Å². The molecule has 38 heavy (non-hydrogen) atoms. The van der Waals surface area contributed by atoms with Gasteiger partial charge in [0.15, 0.2) is 0 Å². The number of rotatable bonds is 10. The predicted molar refractivity (Wildman–Crippen MR) is 144 cm³/mol. The van der Waals surface area contributed by atoms with Crippen molar-refractivity contribution in [3.05, 3.63) is 82.8 Å². The first-order valence-electron chi connectivity index (χ1n) is 12.3. The van der Waals surface area contributed by atoms with Crippen molar-refractivity contribution in [2.75, 3.05) is 23.4 Å². The molecule has 0 radical (unpaired) electrons. The highest BCUT2D eigenvalue weighted by atomic mass is 19.4. The van der Waals surface area contributed by atoms with Crippen LogP contribution in [0.4, 0.5) is 24.5 Å². The second-order valence-electron chi connectivity index (χ2n) is 9.13. The number of nitrogens with zero attached hydrogens (tertiary/aromatic N) is 4. The van der Waals surface area contributed by atoms with Gasteiger partial charge in [-0.05, 0) is 67.9 Å². The van der Waals surface area contributed by atoms with Gasteiger partial charge in [-0.2, -0.15) is 18.3 Å². The van der Waals surface area contributed by atoms with Crippen LogP contribution in [0.2, 0.25) is 0 Å². The van der Waals surface area contributed by atoms with Crippen LogP contribution in [0.15, 0.2) is 55.0 Å². The molecule has 2 aromatic carbocycles. The maximum Gasteiger partial charge on any atom is 0.416 e. The van der Waals surface area contributed by atoms with Gasteiger partial charge in [-0.25, -0.2) is 5.84 Å². The maximum absolute atomic E-state index is 13.6. The van der Waals surface area contributed by atoms with Gasteiger partial charge in [-0.1, -0.05) is 19.9 Å². The van der Waals surface area contributed by atoms with Crippen LogP contribution in [-0.2, 0) is 19.8 Å². The third-order valence-corrected chi connectivity index (χ3v) is 6.04. The van der Waals surface area contributed by atoms with Crippen LogP contribution in [0.25, 0.3) is 5.70 Å². The van der Waals surface area contributed by atoms with E-state index < -0.39 is 17.6 Å². The SMILES string of the molecule is CCCN(CC)Cc1cc(NC(=O)c2ccc(C)c(N(N)/C=C(\N)c3cnn(C)c3)c2)cc(C(F)(F)F)c1. The monoisotopic (exact) mass is 529 g/mol. The third kappa shape index (κ3) is 7.36. The molecular formula is C27H34F3N7O. The van der Waals surface area contributed by atoms with Gasteiger partial charge in [0.05, 0.1) is 23.1 Å². The lowest BCUT2D eigenvalue weighted by Crippen LogP contribution is -2.27. The third-order valence-electron chi connectivity index (χ3n) is 6.04. The van der Waals surface area contributed by atoms with Crippen LogP contribution >= 0.6 is 0 Å². The van der Waals surface area contributed by atoms with E-state index in [9.17, 15) is 18.0 Å². The summed E-state index contributed by atoms with van der Waals surface area (Å²) in [6.45, 7) is 7.60. The number of anilines is 2. The van der Waals surface area contributed by atoms with Crippen LogP contribution in [0, 0.1) is 6.92 Å². The minimum atomic E-state index is -4.55. The number of aryl methyl sites for hydroxylation is 2. The number of halogens is 3. The zero-order valence-electron chi connectivity index (χ0n) is 22.0. The smallest absolute Gasteiger partial charge is 0.397 e. The van der Waals surface area contributed by atoms with Gasteiger partial charge in [0.1, 0.15) is 0 Å². The molecule has 0 spiro atoms. The lowest BCUT2D eigenvalue weighted by atomic mass is 10.1. The Morgan fingerprint density at radius 2 is 1.89 bits per heavy atom. The van der Waals surface area contributed by atoms with E-state index in [1.165, 1.54) is 11.2 Å². The Labute approximate surface area is 220 Å². The highest BCUT2D eigenvalue weighted by Crippen LogP contribution is 2.33. The van der Waals surface area contributed by atoms with Gasteiger partial charge in [-0.15, -0.1) is 0 Å². The lowest BCUT2D eigenvalue weighted by Gasteiger charge is -2.21. The average Bonchev–Trinajstić information content (AvgIpc) is 3.29. The van der Waals surface area contributed by atoms with Crippen LogP contribution in [0.3, 0.4) is 0 Å². The number of hydrogen-bond donors (Lipinski definition) is 3. The van der Waals surface area contributed by atoms with Crippen molar-refractivity contribution < 1.29 is 18.0 Å². The Kier molecular flexibility index (Phi) is 9.18. The topological polar surface area (TPSA) is 105 Å². The molecule has 0 aliphatic carbocycles. The van der Waals surface area contributed by atoms with E-state index in [1.54, 1.807) is 48.4 Å². The molecule has 11 heteroatoms. The number of aromatic nitrogens is 2. The number of nitrogens with one attached hydrogen (secondary N) is 1. The summed E-state index contributed by atoms with van der Waals surface area (Å²) in [6, 6.07) is 8.51. The Morgan fingerprint density at radius 1 is 1.16 bits per heavy atom.